The number of aryl methyl sites for hydroxylation is 2. The lowest BCUT2D eigenvalue weighted by Crippen LogP contribution is -2.11. The Bertz CT molecular complexity index is 558. The minimum atomic E-state index is 0.397. The summed E-state index contributed by atoms with van der Waals surface area (Å²) in [5.74, 6) is 1.84. The third-order valence-corrected chi connectivity index (χ3v) is 3.17. The van der Waals surface area contributed by atoms with Crippen LogP contribution in [0.15, 0.2) is 36.4 Å². The van der Waals surface area contributed by atoms with Crippen LogP contribution < -0.4 is 9.47 Å². The van der Waals surface area contributed by atoms with Gasteiger partial charge in [0, 0.05) is 11.3 Å². The van der Waals surface area contributed by atoms with Crippen LogP contribution in [0.25, 0.3) is 0 Å². The predicted molar refractivity (Wildman–Crippen MR) is 80.7 cm³/mol. The van der Waals surface area contributed by atoms with Crippen LogP contribution in [0.3, 0.4) is 0 Å². The van der Waals surface area contributed by atoms with Crippen LogP contribution in [-0.2, 0) is 5.88 Å². The van der Waals surface area contributed by atoms with Crippen LogP contribution in [0.1, 0.15) is 16.8 Å². The molecule has 4 heteroatoms. The van der Waals surface area contributed by atoms with Crippen molar-refractivity contribution in [2.45, 2.75) is 19.7 Å². The molecule has 3 nitrogen and oxygen atoms in total. The monoisotopic (exact) mass is 291 g/mol. The highest BCUT2D eigenvalue weighted by Gasteiger charge is 2.09. The number of hydrogen-bond donors (Lipinski definition) is 0. The average molecular weight is 292 g/mol. The van der Waals surface area contributed by atoms with E-state index < -0.39 is 0 Å². The number of hydrogen-bond acceptors (Lipinski definition) is 3. The summed E-state index contributed by atoms with van der Waals surface area (Å²) in [5, 5.41) is 0. The first-order chi connectivity index (χ1) is 9.70. The topological polar surface area (TPSA) is 31.4 Å². The Morgan fingerprint density at radius 3 is 2.45 bits per heavy atom. The number of ether oxygens (including phenoxy) is 2. The highest BCUT2D eigenvalue weighted by molar-refractivity contribution is 6.17. The van der Waals surface area contributed by atoms with Crippen molar-refractivity contribution in [2.75, 3.05) is 13.2 Å². The van der Waals surface area contributed by atoms with Crippen LogP contribution in [0.4, 0.5) is 0 Å². The van der Waals surface area contributed by atoms with Gasteiger partial charge >= 0.3 is 0 Å². The van der Waals surface area contributed by atoms with Gasteiger partial charge in [0.25, 0.3) is 0 Å². The molecule has 0 fully saturated rings. The molecule has 2 rings (SSSR count). The average Bonchev–Trinajstić information content (AvgIpc) is 2.44. The van der Waals surface area contributed by atoms with E-state index in [0.717, 1.165) is 22.6 Å². The summed E-state index contributed by atoms with van der Waals surface area (Å²) in [7, 11) is 0. The zero-order chi connectivity index (χ0) is 14.4. The predicted octanol–water partition coefficient (Wildman–Crippen LogP) is 3.90. The van der Waals surface area contributed by atoms with E-state index in [2.05, 4.69) is 4.98 Å². The molecular weight excluding hydrogens is 274 g/mol. The number of nitrogens with zero attached hydrogens (tertiary/aromatic N) is 1. The quantitative estimate of drug-likeness (QED) is 0.597. The van der Waals surface area contributed by atoms with E-state index in [4.69, 9.17) is 21.1 Å². The minimum absolute atomic E-state index is 0.397. The molecule has 0 bridgehead atoms. The fraction of sp³-hybridized carbons (Fsp3) is 0.312. The summed E-state index contributed by atoms with van der Waals surface area (Å²) in [6, 6.07) is 11.7. The maximum Gasteiger partial charge on any atom is 0.218 e. The molecule has 0 saturated heterocycles. The molecule has 1 aromatic heterocycles. The molecule has 0 N–H and O–H groups in total. The summed E-state index contributed by atoms with van der Waals surface area (Å²) in [6.07, 6.45) is 0. The van der Waals surface area contributed by atoms with Crippen molar-refractivity contribution in [3.8, 4) is 11.6 Å². The van der Waals surface area contributed by atoms with E-state index in [9.17, 15) is 0 Å². The smallest absolute Gasteiger partial charge is 0.218 e. The summed E-state index contributed by atoms with van der Waals surface area (Å²) in [4.78, 5) is 4.39. The van der Waals surface area contributed by atoms with E-state index >= 15 is 0 Å². The Hall–Kier alpha value is -1.74. The van der Waals surface area contributed by atoms with E-state index in [1.54, 1.807) is 0 Å². The zero-order valence-electron chi connectivity index (χ0n) is 11.7. The number of halogens is 1. The second kappa shape index (κ2) is 7.15. The molecule has 1 heterocycles. The van der Waals surface area contributed by atoms with Crippen LogP contribution in [0, 0.1) is 13.8 Å². The van der Waals surface area contributed by atoms with Gasteiger partial charge in [0.05, 0.1) is 5.88 Å². The van der Waals surface area contributed by atoms with E-state index in [1.807, 2.05) is 50.2 Å². The molecule has 0 unspecified atom stereocenters. The van der Waals surface area contributed by atoms with Crippen molar-refractivity contribution >= 4 is 11.6 Å². The first-order valence-electron chi connectivity index (χ1n) is 6.54. The van der Waals surface area contributed by atoms with Crippen molar-refractivity contribution < 1.29 is 9.47 Å². The van der Waals surface area contributed by atoms with Gasteiger partial charge in [0.1, 0.15) is 19.0 Å². The van der Waals surface area contributed by atoms with Crippen LogP contribution in [0.2, 0.25) is 0 Å². The van der Waals surface area contributed by atoms with E-state index in [-0.39, 0.29) is 0 Å². The summed E-state index contributed by atoms with van der Waals surface area (Å²) >= 11 is 5.95. The molecule has 0 aliphatic heterocycles. The Morgan fingerprint density at radius 1 is 1.05 bits per heavy atom. The first kappa shape index (κ1) is 14.7. The fourth-order valence-corrected chi connectivity index (χ4v) is 2.25. The number of pyridine rings is 1. The maximum atomic E-state index is 5.95. The molecule has 0 radical (unpaired) electrons. The lowest BCUT2D eigenvalue weighted by Gasteiger charge is -2.12. The third kappa shape index (κ3) is 3.87. The van der Waals surface area contributed by atoms with Crippen LogP contribution >= 0.6 is 11.6 Å². The Morgan fingerprint density at radius 2 is 1.75 bits per heavy atom. The van der Waals surface area contributed by atoms with Gasteiger partial charge in [-0.2, -0.15) is 0 Å². The molecule has 0 aliphatic carbocycles. The van der Waals surface area contributed by atoms with Crippen molar-refractivity contribution in [1.82, 2.24) is 4.98 Å². The summed E-state index contributed by atoms with van der Waals surface area (Å²) in [6.45, 7) is 4.87. The number of benzene rings is 1. The van der Waals surface area contributed by atoms with Crippen molar-refractivity contribution in [2.24, 2.45) is 0 Å². The van der Waals surface area contributed by atoms with Gasteiger partial charge in [-0.05, 0) is 37.6 Å². The Kier molecular flexibility index (Phi) is 5.24. The van der Waals surface area contributed by atoms with Gasteiger partial charge < -0.3 is 9.47 Å². The second-order valence-corrected chi connectivity index (χ2v) is 4.78. The van der Waals surface area contributed by atoms with Gasteiger partial charge in [0.2, 0.25) is 5.88 Å². The SMILES string of the molecule is Cc1cc(C)c(CCl)c(OCCOc2ccccc2)n1. The van der Waals surface area contributed by atoms with Crippen LogP contribution in [-0.4, -0.2) is 18.2 Å². The molecule has 2 aromatic rings. The maximum absolute atomic E-state index is 5.95. The number of para-hydroxylation sites is 1. The van der Waals surface area contributed by atoms with Gasteiger partial charge in [-0.15, -0.1) is 11.6 Å². The molecule has 0 saturated carbocycles. The highest BCUT2D eigenvalue weighted by Crippen LogP contribution is 2.22. The number of alkyl halides is 1. The Labute approximate surface area is 124 Å². The molecular formula is C16H18ClNO2. The summed E-state index contributed by atoms with van der Waals surface area (Å²) in [5.41, 5.74) is 2.97. The standard InChI is InChI=1S/C16H18ClNO2/c1-12-10-13(2)18-16(15(12)11-17)20-9-8-19-14-6-4-3-5-7-14/h3-7,10H,8-9,11H2,1-2H3. The van der Waals surface area contributed by atoms with Crippen molar-refractivity contribution in [3.63, 3.8) is 0 Å². The molecule has 0 atom stereocenters. The lowest BCUT2D eigenvalue weighted by molar-refractivity contribution is 0.210. The molecule has 0 spiro atoms. The van der Waals surface area contributed by atoms with Crippen LogP contribution in [0.5, 0.6) is 11.6 Å². The molecule has 20 heavy (non-hydrogen) atoms. The largest absolute Gasteiger partial charge is 0.490 e. The molecule has 0 aliphatic rings. The summed E-state index contributed by atoms with van der Waals surface area (Å²) < 4.78 is 11.3. The van der Waals surface area contributed by atoms with Gasteiger partial charge in [0.15, 0.2) is 0 Å². The Balaban J connectivity index is 1.91. The third-order valence-electron chi connectivity index (χ3n) is 2.91. The lowest BCUT2D eigenvalue weighted by atomic mass is 10.1. The minimum Gasteiger partial charge on any atom is -0.490 e. The zero-order valence-corrected chi connectivity index (χ0v) is 12.5. The first-order valence-corrected chi connectivity index (χ1v) is 7.08. The van der Waals surface area contributed by atoms with Gasteiger partial charge in [-0.25, -0.2) is 4.98 Å². The molecule has 106 valence electrons. The second-order valence-electron chi connectivity index (χ2n) is 4.51. The highest BCUT2D eigenvalue weighted by atomic mass is 35.5. The van der Waals surface area contributed by atoms with E-state index in [0.29, 0.717) is 25.0 Å². The molecule has 1 aromatic carbocycles. The van der Waals surface area contributed by atoms with Gasteiger partial charge in [-0.3, -0.25) is 0 Å². The fourth-order valence-electron chi connectivity index (χ4n) is 1.93. The van der Waals surface area contributed by atoms with E-state index in [1.165, 1.54) is 0 Å². The number of aromatic nitrogens is 1. The number of rotatable bonds is 6. The normalized spacial score (nSPS) is 10.3. The van der Waals surface area contributed by atoms with Gasteiger partial charge in [-0.1, -0.05) is 18.2 Å². The molecule has 0 amide bonds. The van der Waals surface area contributed by atoms with Crippen molar-refractivity contribution in [3.05, 3.63) is 53.2 Å². The van der Waals surface area contributed by atoms with Crippen molar-refractivity contribution in [1.29, 1.82) is 0 Å².